The minimum absolute atomic E-state index is 0.0517. The van der Waals surface area contributed by atoms with Gasteiger partial charge in [-0.25, -0.2) is 0 Å². The van der Waals surface area contributed by atoms with Gasteiger partial charge in [0.2, 0.25) is 11.8 Å². The maximum absolute atomic E-state index is 13.3. The van der Waals surface area contributed by atoms with E-state index in [-0.39, 0.29) is 17.7 Å². The second kappa shape index (κ2) is 10.6. The van der Waals surface area contributed by atoms with Crippen molar-refractivity contribution in [2.45, 2.75) is 33.6 Å². The van der Waals surface area contributed by atoms with E-state index in [9.17, 15) is 14.4 Å². The Labute approximate surface area is 184 Å². The molecule has 0 aliphatic carbocycles. The average Bonchev–Trinajstić information content (AvgIpc) is 2.78. The largest absolute Gasteiger partial charge is 0.378 e. The molecule has 0 bridgehead atoms. The van der Waals surface area contributed by atoms with E-state index >= 15 is 0 Å². The topological polar surface area (TPSA) is 82.2 Å². The summed E-state index contributed by atoms with van der Waals surface area (Å²) in [6.07, 6.45) is 0.938. The first kappa shape index (κ1) is 23.1. The highest BCUT2D eigenvalue weighted by molar-refractivity contribution is 6.02. The van der Waals surface area contributed by atoms with Gasteiger partial charge in [-0.1, -0.05) is 20.8 Å². The average molecular weight is 431 g/mol. The lowest BCUT2D eigenvalue weighted by Gasteiger charge is -2.38. The van der Waals surface area contributed by atoms with Crippen LogP contribution in [0.5, 0.6) is 0 Å². The molecule has 3 amide bonds. The van der Waals surface area contributed by atoms with E-state index < -0.39 is 0 Å². The van der Waals surface area contributed by atoms with Crippen LogP contribution < -0.4 is 10.2 Å². The minimum atomic E-state index is -0.0881. The molecule has 8 heteroatoms. The highest BCUT2D eigenvalue weighted by Gasteiger charge is 2.27. The first-order valence-corrected chi connectivity index (χ1v) is 11.2. The molecule has 31 heavy (non-hydrogen) atoms. The summed E-state index contributed by atoms with van der Waals surface area (Å²) in [5.41, 5.74) is 2.05. The minimum Gasteiger partial charge on any atom is -0.378 e. The normalized spacial score (nSPS) is 17.1. The lowest BCUT2D eigenvalue weighted by molar-refractivity contribution is -0.132. The number of benzene rings is 1. The number of morpholine rings is 1. The summed E-state index contributed by atoms with van der Waals surface area (Å²) in [4.78, 5) is 43.5. The van der Waals surface area contributed by atoms with E-state index in [2.05, 4.69) is 24.1 Å². The third-order valence-corrected chi connectivity index (χ3v) is 5.69. The number of hydrogen-bond acceptors (Lipinski definition) is 5. The van der Waals surface area contributed by atoms with Gasteiger partial charge in [0.05, 0.1) is 18.8 Å². The van der Waals surface area contributed by atoms with Gasteiger partial charge in [0.15, 0.2) is 0 Å². The zero-order valence-electron chi connectivity index (χ0n) is 18.9. The van der Waals surface area contributed by atoms with Gasteiger partial charge in [0, 0.05) is 63.5 Å². The molecular weight excluding hydrogens is 396 g/mol. The molecule has 2 aliphatic heterocycles. The molecule has 3 rings (SSSR count). The Morgan fingerprint density at radius 1 is 1.00 bits per heavy atom. The monoisotopic (exact) mass is 430 g/mol. The molecule has 2 fully saturated rings. The highest BCUT2D eigenvalue weighted by Crippen LogP contribution is 2.28. The summed E-state index contributed by atoms with van der Waals surface area (Å²) < 4.78 is 5.39. The Morgan fingerprint density at radius 2 is 1.68 bits per heavy atom. The lowest BCUT2D eigenvalue weighted by Crippen LogP contribution is -2.49. The fourth-order valence-corrected chi connectivity index (χ4v) is 3.92. The van der Waals surface area contributed by atoms with Crippen LogP contribution in [0.3, 0.4) is 0 Å². The number of anilines is 2. The van der Waals surface area contributed by atoms with Crippen LogP contribution in [0.4, 0.5) is 11.4 Å². The van der Waals surface area contributed by atoms with Crippen molar-refractivity contribution < 1.29 is 19.1 Å². The Hall–Kier alpha value is -2.61. The van der Waals surface area contributed by atoms with Crippen LogP contribution in [0.2, 0.25) is 0 Å². The van der Waals surface area contributed by atoms with Crippen molar-refractivity contribution in [2.75, 3.05) is 62.7 Å². The van der Waals surface area contributed by atoms with Gasteiger partial charge >= 0.3 is 0 Å². The predicted molar refractivity (Wildman–Crippen MR) is 120 cm³/mol. The van der Waals surface area contributed by atoms with Crippen LogP contribution in [-0.4, -0.2) is 80.0 Å². The van der Waals surface area contributed by atoms with Crippen molar-refractivity contribution in [3.05, 3.63) is 23.8 Å². The van der Waals surface area contributed by atoms with E-state index in [1.165, 1.54) is 0 Å². The van der Waals surface area contributed by atoms with Crippen LogP contribution in [0.15, 0.2) is 18.2 Å². The Balaban J connectivity index is 1.79. The van der Waals surface area contributed by atoms with Crippen LogP contribution in [0.25, 0.3) is 0 Å². The number of ether oxygens (including phenoxy) is 1. The van der Waals surface area contributed by atoms with Crippen molar-refractivity contribution in [1.29, 1.82) is 0 Å². The number of piperazine rings is 1. The highest BCUT2D eigenvalue weighted by atomic mass is 16.5. The molecule has 0 aromatic heterocycles. The molecule has 0 spiro atoms. The first-order chi connectivity index (χ1) is 14.9. The predicted octanol–water partition coefficient (Wildman–Crippen LogP) is 2.20. The molecule has 0 radical (unpaired) electrons. The lowest BCUT2D eigenvalue weighted by atomic mass is 10.1. The van der Waals surface area contributed by atoms with Crippen molar-refractivity contribution in [2.24, 2.45) is 5.92 Å². The van der Waals surface area contributed by atoms with Crippen molar-refractivity contribution in [3.63, 3.8) is 0 Å². The fraction of sp³-hybridized carbons (Fsp3) is 0.609. The fourth-order valence-electron chi connectivity index (χ4n) is 3.92. The number of carbonyl (C=O) groups is 3. The smallest absolute Gasteiger partial charge is 0.256 e. The SMILES string of the molecule is CCC(=O)Nc1ccc(N2CCN(C(=O)CC(C)C)CC2)c(C(=O)N2CCOCC2)c1. The maximum atomic E-state index is 13.3. The number of carbonyl (C=O) groups excluding carboxylic acids is 3. The number of amides is 3. The third-order valence-electron chi connectivity index (χ3n) is 5.69. The summed E-state index contributed by atoms with van der Waals surface area (Å²) in [5.74, 6) is 0.394. The zero-order valence-corrected chi connectivity index (χ0v) is 18.9. The quantitative estimate of drug-likeness (QED) is 0.748. The molecule has 2 saturated heterocycles. The maximum Gasteiger partial charge on any atom is 0.256 e. The first-order valence-electron chi connectivity index (χ1n) is 11.2. The van der Waals surface area contributed by atoms with E-state index in [1.807, 2.05) is 17.0 Å². The third kappa shape index (κ3) is 5.97. The summed E-state index contributed by atoms with van der Waals surface area (Å²) in [6.45, 7) is 10.7. The second-order valence-electron chi connectivity index (χ2n) is 8.50. The van der Waals surface area contributed by atoms with E-state index in [4.69, 9.17) is 4.74 Å². The number of nitrogens with one attached hydrogen (secondary N) is 1. The summed E-state index contributed by atoms with van der Waals surface area (Å²) in [7, 11) is 0. The second-order valence-corrected chi connectivity index (χ2v) is 8.50. The number of nitrogens with zero attached hydrogens (tertiary/aromatic N) is 3. The van der Waals surface area contributed by atoms with Crippen LogP contribution >= 0.6 is 0 Å². The van der Waals surface area contributed by atoms with E-state index in [1.54, 1.807) is 17.9 Å². The van der Waals surface area contributed by atoms with E-state index in [0.29, 0.717) is 82.5 Å². The molecule has 0 saturated carbocycles. The van der Waals surface area contributed by atoms with Crippen LogP contribution in [-0.2, 0) is 14.3 Å². The molecule has 1 aromatic rings. The van der Waals surface area contributed by atoms with Gasteiger partial charge in [-0.15, -0.1) is 0 Å². The molecule has 170 valence electrons. The van der Waals surface area contributed by atoms with Crippen molar-refractivity contribution in [3.8, 4) is 0 Å². The van der Waals surface area contributed by atoms with Gasteiger partial charge in [0.25, 0.3) is 5.91 Å². The van der Waals surface area contributed by atoms with Gasteiger partial charge in [-0.3, -0.25) is 14.4 Å². The summed E-state index contributed by atoms with van der Waals surface area (Å²) >= 11 is 0. The number of rotatable bonds is 6. The van der Waals surface area contributed by atoms with E-state index in [0.717, 1.165) is 5.69 Å². The zero-order chi connectivity index (χ0) is 22.4. The molecule has 2 heterocycles. The van der Waals surface area contributed by atoms with Crippen LogP contribution in [0.1, 0.15) is 44.0 Å². The Bertz CT molecular complexity index is 797. The van der Waals surface area contributed by atoms with Gasteiger partial charge in [-0.05, 0) is 24.1 Å². The van der Waals surface area contributed by atoms with Crippen molar-refractivity contribution >= 4 is 29.1 Å². The number of hydrogen-bond donors (Lipinski definition) is 1. The molecule has 8 nitrogen and oxygen atoms in total. The standard InChI is InChI=1S/C23H34N4O4/c1-4-21(28)24-18-5-6-20(19(16-18)23(30)27-11-13-31-14-12-27)25-7-9-26(10-8-25)22(29)15-17(2)3/h5-6,16-17H,4,7-15H2,1-3H3,(H,24,28). The molecular formula is C23H34N4O4. The molecule has 2 aliphatic rings. The summed E-state index contributed by atoms with van der Waals surface area (Å²) in [5, 5.41) is 2.85. The summed E-state index contributed by atoms with van der Waals surface area (Å²) in [6, 6.07) is 5.52. The van der Waals surface area contributed by atoms with Crippen molar-refractivity contribution in [1.82, 2.24) is 9.80 Å². The van der Waals surface area contributed by atoms with Gasteiger partial charge in [0.1, 0.15) is 0 Å². The Morgan fingerprint density at radius 3 is 2.29 bits per heavy atom. The molecule has 0 atom stereocenters. The Kier molecular flexibility index (Phi) is 7.90. The molecule has 1 aromatic carbocycles. The molecule has 0 unspecified atom stereocenters. The molecule has 1 N–H and O–H groups in total. The van der Waals surface area contributed by atoms with Gasteiger partial charge < -0.3 is 24.8 Å². The van der Waals surface area contributed by atoms with Gasteiger partial charge in [-0.2, -0.15) is 0 Å². The van der Waals surface area contributed by atoms with Crippen LogP contribution in [0, 0.1) is 5.92 Å².